The predicted molar refractivity (Wildman–Crippen MR) is 67.4 cm³/mol. The molecule has 2 N–H and O–H groups in total. The molecule has 0 amide bonds. The van der Waals surface area contributed by atoms with Gasteiger partial charge in [0.2, 0.25) is 5.89 Å². The maximum absolute atomic E-state index is 5.84. The summed E-state index contributed by atoms with van der Waals surface area (Å²) in [5.41, 5.74) is 5.70. The van der Waals surface area contributed by atoms with E-state index in [9.17, 15) is 0 Å². The van der Waals surface area contributed by atoms with Gasteiger partial charge in [0.1, 0.15) is 0 Å². The Morgan fingerprint density at radius 2 is 2.00 bits per heavy atom. The SMILES string of the molecule is CCSCc1noc(C(CC)(CC)CN)n1. The second-order valence-corrected chi connectivity index (χ2v) is 5.12. The average Bonchev–Trinajstić information content (AvgIpc) is 2.79. The number of hydrogen-bond donors (Lipinski definition) is 1. The highest BCUT2D eigenvalue weighted by atomic mass is 32.2. The third-order valence-corrected chi connectivity index (χ3v) is 3.97. The van der Waals surface area contributed by atoms with Gasteiger partial charge in [0.25, 0.3) is 0 Å². The first kappa shape index (κ1) is 13.5. The molecule has 0 atom stereocenters. The van der Waals surface area contributed by atoms with Crippen LogP contribution >= 0.6 is 11.8 Å². The summed E-state index contributed by atoms with van der Waals surface area (Å²) in [5.74, 6) is 3.36. The lowest BCUT2D eigenvalue weighted by atomic mass is 9.82. The maximum atomic E-state index is 5.84. The molecule has 1 heterocycles. The molecule has 1 aromatic heterocycles. The van der Waals surface area contributed by atoms with E-state index >= 15 is 0 Å². The van der Waals surface area contributed by atoms with Crippen molar-refractivity contribution in [2.45, 2.75) is 44.8 Å². The van der Waals surface area contributed by atoms with Gasteiger partial charge >= 0.3 is 0 Å². The summed E-state index contributed by atoms with van der Waals surface area (Å²) in [6.45, 7) is 6.90. The van der Waals surface area contributed by atoms with Crippen LogP contribution in [0.15, 0.2) is 4.52 Å². The molecule has 0 fully saturated rings. The van der Waals surface area contributed by atoms with Crippen molar-refractivity contribution in [3.63, 3.8) is 0 Å². The average molecular weight is 243 g/mol. The fraction of sp³-hybridized carbons (Fsp3) is 0.818. The van der Waals surface area contributed by atoms with E-state index in [1.165, 1.54) is 0 Å². The lowest BCUT2D eigenvalue weighted by molar-refractivity contribution is 0.266. The minimum atomic E-state index is -0.137. The molecule has 1 aromatic rings. The predicted octanol–water partition coefficient (Wildman–Crippen LogP) is 2.34. The summed E-state index contributed by atoms with van der Waals surface area (Å²) in [5, 5.41) is 4.00. The summed E-state index contributed by atoms with van der Waals surface area (Å²) in [6, 6.07) is 0. The summed E-state index contributed by atoms with van der Waals surface area (Å²) in [6.07, 6.45) is 1.87. The first-order valence-electron chi connectivity index (χ1n) is 5.83. The molecule has 0 aromatic carbocycles. The van der Waals surface area contributed by atoms with Crippen LogP contribution in [0.3, 0.4) is 0 Å². The van der Waals surface area contributed by atoms with E-state index in [4.69, 9.17) is 10.3 Å². The van der Waals surface area contributed by atoms with Crippen LogP contribution in [0.2, 0.25) is 0 Å². The van der Waals surface area contributed by atoms with E-state index in [-0.39, 0.29) is 5.41 Å². The van der Waals surface area contributed by atoms with Gasteiger partial charge in [0, 0.05) is 6.54 Å². The Hall–Kier alpha value is -0.550. The van der Waals surface area contributed by atoms with Gasteiger partial charge < -0.3 is 10.3 Å². The van der Waals surface area contributed by atoms with Crippen molar-refractivity contribution in [1.82, 2.24) is 10.1 Å². The molecule has 16 heavy (non-hydrogen) atoms. The van der Waals surface area contributed by atoms with Crippen LogP contribution in [-0.4, -0.2) is 22.4 Å². The second kappa shape index (κ2) is 6.25. The van der Waals surface area contributed by atoms with Crippen LogP contribution in [0.5, 0.6) is 0 Å². The molecule has 0 saturated heterocycles. The van der Waals surface area contributed by atoms with Gasteiger partial charge in [-0.2, -0.15) is 16.7 Å². The molecule has 1 rings (SSSR count). The van der Waals surface area contributed by atoms with E-state index in [1.54, 1.807) is 11.8 Å². The zero-order valence-corrected chi connectivity index (χ0v) is 11.1. The van der Waals surface area contributed by atoms with Gasteiger partial charge in [-0.3, -0.25) is 0 Å². The standard InChI is InChI=1S/C11H21N3OS/c1-4-11(5-2,8-12)10-13-9(14-15-10)7-16-6-3/h4-8,12H2,1-3H3. The fourth-order valence-electron chi connectivity index (χ4n) is 1.65. The van der Waals surface area contributed by atoms with Crippen LogP contribution in [0.25, 0.3) is 0 Å². The minimum absolute atomic E-state index is 0.137. The van der Waals surface area contributed by atoms with E-state index in [0.29, 0.717) is 12.4 Å². The summed E-state index contributed by atoms with van der Waals surface area (Å²) < 4.78 is 5.35. The Morgan fingerprint density at radius 1 is 1.31 bits per heavy atom. The van der Waals surface area contributed by atoms with Gasteiger partial charge in [-0.05, 0) is 18.6 Å². The lowest BCUT2D eigenvalue weighted by Crippen LogP contribution is -2.34. The van der Waals surface area contributed by atoms with Crippen molar-refractivity contribution in [2.24, 2.45) is 5.73 Å². The van der Waals surface area contributed by atoms with E-state index < -0.39 is 0 Å². The number of thioether (sulfide) groups is 1. The highest BCUT2D eigenvalue weighted by molar-refractivity contribution is 7.98. The molecule has 0 unspecified atom stereocenters. The third-order valence-electron chi connectivity index (χ3n) is 3.10. The Kier molecular flexibility index (Phi) is 5.28. The molecule has 0 aliphatic carbocycles. The van der Waals surface area contributed by atoms with Crippen LogP contribution in [-0.2, 0) is 11.2 Å². The van der Waals surface area contributed by atoms with Crippen LogP contribution in [0.4, 0.5) is 0 Å². The van der Waals surface area contributed by atoms with Crippen molar-refractivity contribution in [3.05, 3.63) is 11.7 Å². The van der Waals surface area contributed by atoms with E-state index in [0.717, 1.165) is 30.2 Å². The highest BCUT2D eigenvalue weighted by Crippen LogP contribution is 2.29. The van der Waals surface area contributed by atoms with Gasteiger partial charge in [0.15, 0.2) is 5.82 Å². The Bertz CT molecular complexity index is 302. The van der Waals surface area contributed by atoms with Crippen molar-refractivity contribution in [3.8, 4) is 0 Å². The van der Waals surface area contributed by atoms with Crippen molar-refractivity contribution in [2.75, 3.05) is 12.3 Å². The Balaban J connectivity index is 2.81. The Morgan fingerprint density at radius 3 is 2.50 bits per heavy atom. The normalized spacial score (nSPS) is 12.0. The van der Waals surface area contributed by atoms with Crippen molar-refractivity contribution >= 4 is 11.8 Å². The van der Waals surface area contributed by atoms with Crippen molar-refractivity contribution in [1.29, 1.82) is 0 Å². The first-order valence-corrected chi connectivity index (χ1v) is 6.98. The van der Waals surface area contributed by atoms with Gasteiger partial charge in [-0.1, -0.05) is 25.9 Å². The van der Waals surface area contributed by atoms with Gasteiger partial charge in [-0.15, -0.1) is 0 Å². The highest BCUT2D eigenvalue weighted by Gasteiger charge is 2.33. The van der Waals surface area contributed by atoms with Crippen molar-refractivity contribution < 1.29 is 4.52 Å². The number of rotatable bonds is 7. The molecular weight excluding hydrogens is 222 g/mol. The molecule has 4 nitrogen and oxygen atoms in total. The quantitative estimate of drug-likeness (QED) is 0.796. The van der Waals surface area contributed by atoms with Crippen LogP contribution in [0.1, 0.15) is 45.3 Å². The smallest absolute Gasteiger partial charge is 0.234 e. The second-order valence-electron chi connectivity index (χ2n) is 3.84. The van der Waals surface area contributed by atoms with E-state index in [1.807, 2.05) is 0 Å². The first-order chi connectivity index (χ1) is 7.72. The molecule has 0 bridgehead atoms. The number of aromatic nitrogens is 2. The molecule has 5 heteroatoms. The molecule has 0 radical (unpaired) electrons. The van der Waals surface area contributed by atoms with Gasteiger partial charge in [-0.25, -0.2) is 0 Å². The third kappa shape index (κ3) is 2.77. The van der Waals surface area contributed by atoms with Crippen LogP contribution in [0, 0.1) is 0 Å². The summed E-state index contributed by atoms with van der Waals surface area (Å²) in [4.78, 5) is 4.45. The number of hydrogen-bond acceptors (Lipinski definition) is 5. The topological polar surface area (TPSA) is 64.9 Å². The molecule has 0 aliphatic heterocycles. The number of nitrogens with zero attached hydrogens (tertiary/aromatic N) is 2. The van der Waals surface area contributed by atoms with E-state index in [2.05, 4.69) is 30.9 Å². The fourth-order valence-corrected chi connectivity index (χ4v) is 2.15. The zero-order valence-electron chi connectivity index (χ0n) is 10.3. The lowest BCUT2D eigenvalue weighted by Gasteiger charge is -2.24. The molecule has 0 spiro atoms. The van der Waals surface area contributed by atoms with Crippen LogP contribution < -0.4 is 5.73 Å². The summed E-state index contributed by atoms with van der Waals surface area (Å²) >= 11 is 1.79. The zero-order chi connectivity index (χ0) is 12.0. The monoisotopic (exact) mass is 243 g/mol. The Labute approximate surface area is 101 Å². The molecular formula is C11H21N3OS. The molecule has 0 aliphatic rings. The molecule has 0 saturated carbocycles. The van der Waals surface area contributed by atoms with Gasteiger partial charge in [0.05, 0.1) is 11.2 Å². The minimum Gasteiger partial charge on any atom is -0.339 e. The summed E-state index contributed by atoms with van der Waals surface area (Å²) in [7, 11) is 0. The largest absolute Gasteiger partial charge is 0.339 e. The molecule has 92 valence electrons. The maximum Gasteiger partial charge on any atom is 0.234 e. The number of nitrogens with two attached hydrogens (primary N) is 1.